The third-order valence-corrected chi connectivity index (χ3v) is 7.78. The van der Waals surface area contributed by atoms with E-state index >= 15 is 0 Å². The first-order valence-corrected chi connectivity index (χ1v) is 12.2. The van der Waals surface area contributed by atoms with Gasteiger partial charge in [0.15, 0.2) is 10.7 Å². The molecule has 3 aromatic rings. The topological polar surface area (TPSA) is 92.5 Å². The van der Waals surface area contributed by atoms with E-state index in [9.17, 15) is 26.4 Å². The Bertz CT molecular complexity index is 1380. The van der Waals surface area contributed by atoms with Gasteiger partial charge < -0.3 is 9.84 Å². The Kier molecular flexibility index (Phi) is 7.08. The largest absolute Gasteiger partial charge is 0.355 e. The molecule has 7 nitrogen and oxygen atoms in total. The summed E-state index contributed by atoms with van der Waals surface area (Å²) in [6.45, 7) is 1.65. The number of nitrogens with one attached hydrogen (secondary N) is 1. The summed E-state index contributed by atoms with van der Waals surface area (Å²) in [5.41, 5.74) is 0.517. The number of carbonyl (C=O) groups is 1. The van der Waals surface area contributed by atoms with Crippen molar-refractivity contribution in [1.29, 1.82) is 0 Å². The van der Waals surface area contributed by atoms with Gasteiger partial charge in [-0.15, -0.1) is 0 Å². The lowest BCUT2D eigenvalue weighted by atomic mass is 9.97. The molecule has 1 amide bonds. The molecule has 1 N–H and O–H groups in total. The van der Waals surface area contributed by atoms with Crippen molar-refractivity contribution in [3.05, 3.63) is 76.9 Å². The zero-order chi connectivity index (χ0) is 25.2. The minimum absolute atomic E-state index is 0.0499. The van der Waals surface area contributed by atoms with Gasteiger partial charge in [0.1, 0.15) is 23.1 Å². The van der Waals surface area contributed by atoms with Crippen LogP contribution in [-0.2, 0) is 14.8 Å². The van der Waals surface area contributed by atoms with E-state index in [1.807, 2.05) is 0 Å². The van der Waals surface area contributed by atoms with Gasteiger partial charge in [-0.05, 0) is 62.2 Å². The molecule has 0 unspecified atom stereocenters. The third kappa shape index (κ3) is 5.46. The molecule has 0 atom stereocenters. The van der Waals surface area contributed by atoms with Gasteiger partial charge in [0, 0.05) is 36.3 Å². The van der Waals surface area contributed by atoms with Crippen molar-refractivity contribution in [3.8, 4) is 0 Å². The summed E-state index contributed by atoms with van der Waals surface area (Å²) in [5.74, 6) is -2.84. The first kappa shape index (κ1) is 24.7. The summed E-state index contributed by atoms with van der Waals surface area (Å²) >= 11 is 0. The standard InChI is InChI=1S/C24H22F3N3O4S/c1-15-23(22(34-29-15)8-6-16-5-7-19(26)14-21(16)27)35(32,33)30-11-9-17(10-12-30)24(31)28-20-4-2-3-18(25)13-20/h2-8,13-14,17H,9-12H2,1H3,(H,28,31). The number of halogens is 3. The molecule has 184 valence electrons. The quantitative estimate of drug-likeness (QED) is 0.528. The van der Waals surface area contributed by atoms with E-state index in [0.717, 1.165) is 12.1 Å². The van der Waals surface area contributed by atoms with E-state index in [1.54, 1.807) is 6.07 Å². The molecule has 35 heavy (non-hydrogen) atoms. The number of rotatable bonds is 6. The third-order valence-electron chi connectivity index (χ3n) is 5.72. The average Bonchev–Trinajstić information content (AvgIpc) is 3.19. The van der Waals surface area contributed by atoms with Gasteiger partial charge >= 0.3 is 0 Å². The fourth-order valence-electron chi connectivity index (χ4n) is 3.90. The number of amides is 1. The molecule has 11 heteroatoms. The monoisotopic (exact) mass is 505 g/mol. The Hall–Kier alpha value is -3.44. The molecule has 2 aromatic carbocycles. The van der Waals surface area contributed by atoms with Crippen LogP contribution < -0.4 is 5.32 Å². The van der Waals surface area contributed by atoms with Gasteiger partial charge in [-0.3, -0.25) is 4.79 Å². The molecule has 0 saturated carbocycles. The summed E-state index contributed by atoms with van der Waals surface area (Å²) < 4.78 is 73.5. The van der Waals surface area contributed by atoms with Crippen LogP contribution in [0.15, 0.2) is 51.9 Å². The van der Waals surface area contributed by atoms with Crippen molar-refractivity contribution in [1.82, 2.24) is 9.46 Å². The van der Waals surface area contributed by atoms with E-state index in [-0.39, 0.29) is 53.8 Å². The Morgan fingerprint density at radius 2 is 1.80 bits per heavy atom. The highest BCUT2D eigenvalue weighted by Gasteiger charge is 2.36. The SMILES string of the molecule is Cc1noc(C=Cc2ccc(F)cc2F)c1S(=O)(=O)N1CCC(C(=O)Nc2cccc(F)c2)CC1. The van der Waals surface area contributed by atoms with Crippen molar-refractivity contribution in [2.24, 2.45) is 5.92 Å². The molecular formula is C24H22F3N3O4S. The predicted molar refractivity (Wildman–Crippen MR) is 123 cm³/mol. The van der Waals surface area contributed by atoms with Gasteiger partial charge in [-0.25, -0.2) is 21.6 Å². The molecule has 2 heterocycles. The summed E-state index contributed by atoms with van der Waals surface area (Å²) in [6.07, 6.45) is 3.09. The molecule has 1 aliphatic rings. The van der Waals surface area contributed by atoms with Crippen LogP contribution in [0.2, 0.25) is 0 Å². The minimum atomic E-state index is -4.02. The molecule has 1 aliphatic heterocycles. The smallest absolute Gasteiger partial charge is 0.248 e. The predicted octanol–water partition coefficient (Wildman–Crippen LogP) is 4.61. The van der Waals surface area contributed by atoms with Crippen LogP contribution in [0.5, 0.6) is 0 Å². The summed E-state index contributed by atoms with van der Waals surface area (Å²) in [5, 5.41) is 6.40. The average molecular weight is 506 g/mol. The second kappa shape index (κ2) is 10.0. The Morgan fingerprint density at radius 3 is 2.49 bits per heavy atom. The zero-order valence-electron chi connectivity index (χ0n) is 18.7. The number of carbonyl (C=O) groups excluding carboxylic acids is 1. The van der Waals surface area contributed by atoms with Crippen molar-refractivity contribution in [2.75, 3.05) is 18.4 Å². The maximum atomic E-state index is 13.9. The second-order valence-electron chi connectivity index (χ2n) is 8.14. The van der Waals surface area contributed by atoms with E-state index in [4.69, 9.17) is 4.52 Å². The Balaban J connectivity index is 1.46. The maximum Gasteiger partial charge on any atom is 0.248 e. The van der Waals surface area contributed by atoms with E-state index in [2.05, 4.69) is 10.5 Å². The first-order valence-electron chi connectivity index (χ1n) is 10.8. The number of benzene rings is 2. The molecule has 1 saturated heterocycles. The van der Waals surface area contributed by atoms with Crippen LogP contribution in [0.4, 0.5) is 18.9 Å². The lowest BCUT2D eigenvalue weighted by molar-refractivity contribution is -0.120. The number of hydrogen-bond acceptors (Lipinski definition) is 5. The van der Waals surface area contributed by atoms with Crippen LogP contribution in [0.1, 0.15) is 29.9 Å². The normalized spacial score (nSPS) is 15.5. The molecule has 1 aromatic heterocycles. The highest BCUT2D eigenvalue weighted by Crippen LogP contribution is 2.30. The number of aromatic nitrogens is 1. The lowest BCUT2D eigenvalue weighted by Gasteiger charge is -2.30. The molecule has 0 aliphatic carbocycles. The van der Waals surface area contributed by atoms with E-state index in [0.29, 0.717) is 5.69 Å². The number of nitrogens with zero attached hydrogens (tertiary/aromatic N) is 2. The molecule has 1 fully saturated rings. The van der Waals surface area contributed by atoms with Crippen LogP contribution >= 0.6 is 0 Å². The highest BCUT2D eigenvalue weighted by atomic mass is 32.2. The Morgan fingerprint density at radius 1 is 1.09 bits per heavy atom. The number of aryl methyl sites for hydroxylation is 1. The van der Waals surface area contributed by atoms with Gasteiger partial charge in [0.05, 0.1) is 0 Å². The van der Waals surface area contributed by atoms with Crippen molar-refractivity contribution < 1.29 is 30.9 Å². The van der Waals surface area contributed by atoms with Crippen LogP contribution in [-0.4, -0.2) is 36.9 Å². The molecule has 0 bridgehead atoms. The Labute approximate surface area is 200 Å². The van der Waals surface area contributed by atoms with Crippen molar-refractivity contribution in [2.45, 2.75) is 24.7 Å². The van der Waals surface area contributed by atoms with Crippen LogP contribution in [0.25, 0.3) is 12.2 Å². The first-order chi connectivity index (χ1) is 16.6. The maximum absolute atomic E-state index is 13.9. The molecule has 4 rings (SSSR count). The number of piperidine rings is 1. The second-order valence-corrected chi connectivity index (χ2v) is 10.0. The number of sulfonamides is 1. The van der Waals surface area contributed by atoms with Gasteiger partial charge in [0.25, 0.3) is 0 Å². The lowest BCUT2D eigenvalue weighted by Crippen LogP contribution is -2.41. The molecule has 0 spiro atoms. The molecular weight excluding hydrogens is 483 g/mol. The highest BCUT2D eigenvalue weighted by molar-refractivity contribution is 7.89. The van der Waals surface area contributed by atoms with Crippen molar-refractivity contribution in [3.63, 3.8) is 0 Å². The van der Waals surface area contributed by atoms with Crippen LogP contribution in [0.3, 0.4) is 0 Å². The number of hydrogen-bond donors (Lipinski definition) is 1. The van der Waals surface area contributed by atoms with Gasteiger partial charge in [0.2, 0.25) is 15.9 Å². The van der Waals surface area contributed by atoms with Crippen molar-refractivity contribution >= 4 is 33.8 Å². The zero-order valence-corrected chi connectivity index (χ0v) is 19.5. The van der Waals surface area contributed by atoms with E-state index in [1.165, 1.54) is 47.6 Å². The van der Waals surface area contributed by atoms with E-state index < -0.39 is 33.4 Å². The fourth-order valence-corrected chi connectivity index (χ4v) is 5.62. The number of anilines is 1. The minimum Gasteiger partial charge on any atom is -0.355 e. The fraction of sp³-hybridized carbons (Fsp3) is 0.250. The van der Waals surface area contributed by atoms with Crippen LogP contribution in [0, 0.1) is 30.3 Å². The summed E-state index contributed by atoms with van der Waals surface area (Å²) in [6, 6.07) is 8.56. The van der Waals surface area contributed by atoms with Gasteiger partial charge in [-0.2, -0.15) is 4.31 Å². The molecule has 0 radical (unpaired) electrons. The van der Waals surface area contributed by atoms with Gasteiger partial charge in [-0.1, -0.05) is 11.2 Å². The summed E-state index contributed by atoms with van der Waals surface area (Å²) in [4.78, 5) is 12.4. The summed E-state index contributed by atoms with van der Waals surface area (Å²) in [7, 11) is -4.02.